The molecule has 0 N–H and O–H groups in total. The van der Waals surface area contributed by atoms with E-state index in [4.69, 9.17) is 16.7 Å². The third kappa shape index (κ3) is 3.09. The molecule has 29 heavy (non-hydrogen) atoms. The van der Waals surface area contributed by atoms with Crippen LogP contribution in [0.4, 0.5) is 5.69 Å². The Labute approximate surface area is 172 Å². The Kier molecular flexibility index (Phi) is 4.18. The van der Waals surface area contributed by atoms with Gasteiger partial charge < -0.3 is 0 Å². The Morgan fingerprint density at radius 1 is 1.00 bits per heavy atom. The minimum absolute atomic E-state index is 0.547. The summed E-state index contributed by atoms with van der Waals surface area (Å²) >= 11 is 6.09. The fourth-order valence-corrected chi connectivity index (χ4v) is 3.44. The van der Waals surface area contributed by atoms with E-state index in [0.717, 1.165) is 33.5 Å². The second-order valence-corrected chi connectivity index (χ2v) is 6.91. The highest BCUT2D eigenvalue weighted by molar-refractivity contribution is 6.30. The molecule has 0 unspecified atom stereocenters. The third-order valence-electron chi connectivity index (χ3n) is 4.62. The Morgan fingerprint density at radius 3 is 2.83 bits per heavy atom. The highest BCUT2D eigenvalue weighted by Crippen LogP contribution is 2.26. The molecule has 0 spiro atoms. The summed E-state index contributed by atoms with van der Waals surface area (Å²) in [6, 6.07) is 13.6. The van der Waals surface area contributed by atoms with Gasteiger partial charge in [-0.15, -0.1) is 0 Å². The number of nitrogens with zero attached hydrogens (tertiary/aromatic N) is 6. The van der Waals surface area contributed by atoms with Crippen molar-refractivity contribution in [2.45, 2.75) is 0 Å². The fraction of sp³-hybridized carbons (Fsp3) is 0. The minimum Gasteiger partial charge on any atom is -0.261 e. The molecule has 6 nitrogen and oxygen atoms in total. The molecule has 4 aromatic rings. The van der Waals surface area contributed by atoms with Crippen LogP contribution in [0.2, 0.25) is 5.02 Å². The zero-order valence-corrected chi connectivity index (χ0v) is 16.0. The minimum atomic E-state index is 0.547. The molecule has 1 aliphatic heterocycles. The SMILES string of the molecule is C=C1C=CN(c2cncc(Cl)c2)N=C1c1ccnn1-c1cccc2ncccc12. The quantitative estimate of drug-likeness (QED) is 0.499. The summed E-state index contributed by atoms with van der Waals surface area (Å²) in [6.07, 6.45) is 10.6. The van der Waals surface area contributed by atoms with Crippen LogP contribution in [0.15, 0.2) is 96.8 Å². The van der Waals surface area contributed by atoms with Crippen molar-refractivity contribution in [3.8, 4) is 5.69 Å². The molecule has 7 heteroatoms. The number of fused-ring (bicyclic) bond motifs is 1. The van der Waals surface area contributed by atoms with Crippen LogP contribution < -0.4 is 5.01 Å². The van der Waals surface area contributed by atoms with Crippen molar-refractivity contribution in [1.29, 1.82) is 0 Å². The summed E-state index contributed by atoms with van der Waals surface area (Å²) in [4.78, 5) is 8.58. The lowest BCUT2D eigenvalue weighted by Crippen LogP contribution is -2.21. The largest absolute Gasteiger partial charge is 0.261 e. The van der Waals surface area contributed by atoms with Crippen LogP contribution >= 0.6 is 11.6 Å². The predicted octanol–water partition coefficient (Wildman–Crippen LogP) is 4.76. The molecule has 1 aliphatic rings. The van der Waals surface area contributed by atoms with Gasteiger partial charge in [0.25, 0.3) is 0 Å². The number of pyridine rings is 2. The van der Waals surface area contributed by atoms with E-state index >= 15 is 0 Å². The van der Waals surface area contributed by atoms with E-state index in [-0.39, 0.29) is 0 Å². The van der Waals surface area contributed by atoms with Gasteiger partial charge in [0, 0.05) is 24.0 Å². The molecule has 0 bridgehead atoms. The molecule has 3 aromatic heterocycles. The van der Waals surface area contributed by atoms with Gasteiger partial charge in [0.2, 0.25) is 0 Å². The summed E-state index contributed by atoms with van der Waals surface area (Å²) < 4.78 is 1.86. The second kappa shape index (κ2) is 7.00. The smallest absolute Gasteiger partial charge is 0.116 e. The van der Waals surface area contributed by atoms with E-state index in [1.807, 2.05) is 59.4 Å². The van der Waals surface area contributed by atoms with Crippen molar-refractivity contribution in [2.24, 2.45) is 5.10 Å². The van der Waals surface area contributed by atoms with Crippen LogP contribution in [0.1, 0.15) is 5.69 Å². The van der Waals surface area contributed by atoms with Crippen LogP contribution in [0.3, 0.4) is 0 Å². The van der Waals surface area contributed by atoms with Crippen LogP contribution in [-0.2, 0) is 0 Å². The van der Waals surface area contributed by atoms with Gasteiger partial charge in [0.05, 0.1) is 40.0 Å². The molecule has 1 aromatic carbocycles. The van der Waals surface area contributed by atoms with Crippen molar-refractivity contribution in [1.82, 2.24) is 19.7 Å². The monoisotopic (exact) mass is 398 g/mol. The number of benzene rings is 1. The summed E-state index contributed by atoms with van der Waals surface area (Å²) in [6.45, 7) is 4.15. The first-order valence-electron chi connectivity index (χ1n) is 8.95. The number of rotatable bonds is 3. The van der Waals surface area contributed by atoms with E-state index in [1.165, 1.54) is 0 Å². The predicted molar refractivity (Wildman–Crippen MR) is 115 cm³/mol. The van der Waals surface area contributed by atoms with Crippen molar-refractivity contribution in [3.63, 3.8) is 0 Å². The Balaban J connectivity index is 1.63. The number of hydrogen-bond acceptors (Lipinski definition) is 5. The molecule has 0 fully saturated rings. The normalized spacial score (nSPS) is 13.8. The molecule has 5 rings (SSSR count). The van der Waals surface area contributed by atoms with E-state index < -0.39 is 0 Å². The van der Waals surface area contributed by atoms with Crippen LogP contribution in [0, 0.1) is 0 Å². The van der Waals surface area contributed by atoms with Crippen molar-refractivity contribution in [3.05, 3.63) is 102 Å². The topological polar surface area (TPSA) is 59.2 Å². The van der Waals surface area contributed by atoms with E-state index in [9.17, 15) is 0 Å². The van der Waals surface area contributed by atoms with Crippen LogP contribution in [0.5, 0.6) is 0 Å². The molecule has 0 atom stereocenters. The van der Waals surface area contributed by atoms with Crippen LogP contribution in [0.25, 0.3) is 16.6 Å². The van der Waals surface area contributed by atoms with Crippen LogP contribution in [-0.4, -0.2) is 25.5 Å². The first-order chi connectivity index (χ1) is 14.2. The highest BCUT2D eigenvalue weighted by atomic mass is 35.5. The lowest BCUT2D eigenvalue weighted by molar-refractivity contribution is 0.874. The third-order valence-corrected chi connectivity index (χ3v) is 4.83. The molecule has 0 saturated heterocycles. The fourth-order valence-electron chi connectivity index (χ4n) is 3.28. The molecular formula is C22H15ClN6. The zero-order chi connectivity index (χ0) is 19.8. The molecule has 4 heterocycles. The number of halogens is 1. The Morgan fingerprint density at radius 2 is 1.93 bits per heavy atom. The molecule has 140 valence electrons. The summed E-state index contributed by atoms with van der Waals surface area (Å²) in [5.41, 5.74) is 4.93. The maximum atomic E-state index is 6.09. The first kappa shape index (κ1) is 17.3. The molecule has 0 radical (unpaired) electrons. The maximum absolute atomic E-state index is 6.09. The van der Waals surface area contributed by atoms with Gasteiger partial charge >= 0.3 is 0 Å². The standard InChI is InChI=1S/C22H15ClN6/c1-15-8-11-28(17-12-16(23)13-24-14-17)27-22(15)21-7-10-26-29(21)20-6-2-5-19-18(20)4-3-9-25-19/h2-14H,1H2. The van der Waals surface area contributed by atoms with Crippen molar-refractivity contribution >= 4 is 33.9 Å². The van der Waals surface area contributed by atoms with Crippen molar-refractivity contribution in [2.75, 3.05) is 5.01 Å². The number of allylic oxidation sites excluding steroid dienone is 2. The summed E-state index contributed by atoms with van der Waals surface area (Å²) in [7, 11) is 0. The van der Waals surface area contributed by atoms with Gasteiger partial charge in [-0.05, 0) is 48.0 Å². The lowest BCUT2D eigenvalue weighted by Gasteiger charge is -2.22. The van der Waals surface area contributed by atoms with Gasteiger partial charge in [-0.25, -0.2) is 9.69 Å². The second-order valence-electron chi connectivity index (χ2n) is 6.47. The molecular weight excluding hydrogens is 384 g/mol. The van der Waals surface area contributed by atoms with E-state index in [0.29, 0.717) is 10.7 Å². The summed E-state index contributed by atoms with van der Waals surface area (Å²) in [5.74, 6) is 0. The average Bonchev–Trinajstić information content (AvgIpc) is 3.23. The number of anilines is 1. The maximum Gasteiger partial charge on any atom is 0.116 e. The molecule has 0 saturated carbocycles. The lowest BCUT2D eigenvalue weighted by atomic mass is 10.1. The van der Waals surface area contributed by atoms with Gasteiger partial charge in [-0.1, -0.05) is 24.2 Å². The number of hydrazone groups is 1. The number of hydrogen-bond donors (Lipinski definition) is 0. The average molecular weight is 399 g/mol. The molecule has 0 aliphatic carbocycles. The van der Waals surface area contributed by atoms with E-state index in [1.54, 1.807) is 29.8 Å². The van der Waals surface area contributed by atoms with Gasteiger partial charge in [-0.3, -0.25) is 9.97 Å². The summed E-state index contributed by atoms with van der Waals surface area (Å²) in [5, 5.41) is 12.6. The number of aromatic nitrogens is 4. The van der Waals surface area contributed by atoms with Gasteiger partial charge in [0.1, 0.15) is 5.71 Å². The first-order valence-corrected chi connectivity index (χ1v) is 9.33. The zero-order valence-electron chi connectivity index (χ0n) is 15.3. The van der Waals surface area contributed by atoms with Crippen molar-refractivity contribution < 1.29 is 0 Å². The molecule has 0 amide bonds. The van der Waals surface area contributed by atoms with Gasteiger partial charge in [-0.2, -0.15) is 10.2 Å². The Hall–Kier alpha value is -3.77. The Bertz CT molecular complexity index is 1300. The van der Waals surface area contributed by atoms with Gasteiger partial charge in [0.15, 0.2) is 0 Å². The highest BCUT2D eigenvalue weighted by Gasteiger charge is 2.19. The van der Waals surface area contributed by atoms with E-state index in [2.05, 4.69) is 21.6 Å².